The molecule has 5 nitrogen and oxygen atoms in total. The number of benzene rings is 1. The molecule has 1 aliphatic carbocycles. The van der Waals surface area contributed by atoms with Gasteiger partial charge in [0.1, 0.15) is 0 Å². The maximum atomic E-state index is 12.4. The lowest BCUT2D eigenvalue weighted by atomic mass is 9.69. The summed E-state index contributed by atoms with van der Waals surface area (Å²) < 4.78 is 4.74. The zero-order valence-electron chi connectivity index (χ0n) is 16.6. The van der Waals surface area contributed by atoms with E-state index in [1.807, 2.05) is 13.0 Å². The molecular weight excluding hydrogens is 328 g/mol. The number of rotatable bonds is 5. The van der Waals surface area contributed by atoms with Gasteiger partial charge in [-0.2, -0.15) is 0 Å². The Bertz CT molecular complexity index is 649. The summed E-state index contributed by atoms with van der Waals surface area (Å²) in [7, 11) is 1.35. The second kappa shape index (κ2) is 8.67. The van der Waals surface area contributed by atoms with E-state index in [0.717, 1.165) is 12.0 Å². The molecule has 1 amide bonds. The molecule has 144 valence electrons. The molecule has 26 heavy (non-hydrogen) atoms. The number of methoxy groups -OCH3 is 1. The number of esters is 1. The van der Waals surface area contributed by atoms with Crippen molar-refractivity contribution in [2.45, 2.75) is 59.4 Å². The Morgan fingerprint density at radius 3 is 2.54 bits per heavy atom. The van der Waals surface area contributed by atoms with Gasteiger partial charge in [-0.05, 0) is 48.8 Å². The third-order valence-electron chi connectivity index (χ3n) is 5.34. The van der Waals surface area contributed by atoms with Gasteiger partial charge in [0.15, 0.2) is 0 Å². The Morgan fingerprint density at radius 1 is 1.19 bits per heavy atom. The summed E-state index contributed by atoms with van der Waals surface area (Å²) in [5.41, 5.74) is 2.23. The number of anilines is 1. The van der Waals surface area contributed by atoms with Crippen molar-refractivity contribution in [3.63, 3.8) is 0 Å². The minimum absolute atomic E-state index is 0.0895. The molecule has 0 aromatic heterocycles. The second-order valence-electron chi connectivity index (χ2n) is 8.31. The molecular formula is C21H32N2O3. The van der Waals surface area contributed by atoms with Crippen molar-refractivity contribution in [3.8, 4) is 0 Å². The molecule has 2 atom stereocenters. The van der Waals surface area contributed by atoms with Gasteiger partial charge in [-0.1, -0.05) is 39.7 Å². The van der Waals surface area contributed by atoms with Gasteiger partial charge in [-0.25, -0.2) is 4.79 Å². The lowest BCUT2D eigenvalue weighted by Gasteiger charge is -2.40. The average molecular weight is 360 g/mol. The van der Waals surface area contributed by atoms with Crippen LogP contribution in [-0.2, 0) is 9.53 Å². The lowest BCUT2D eigenvalue weighted by Crippen LogP contribution is -2.46. The Kier molecular flexibility index (Phi) is 6.81. The molecule has 0 saturated heterocycles. The van der Waals surface area contributed by atoms with Gasteiger partial charge in [0.2, 0.25) is 5.91 Å². The van der Waals surface area contributed by atoms with Crippen molar-refractivity contribution in [2.24, 2.45) is 11.3 Å². The Hall–Kier alpha value is -1.88. The van der Waals surface area contributed by atoms with E-state index in [-0.39, 0.29) is 17.9 Å². The van der Waals surface area contributed by atoms with Crippen LogP contribution in [0.25, 0.3) is 0 Å². The zero-order valence-corrected chi connectivity index (χ0v) is 16.6. The summed E-state index contributed by atoms with van der Waals surface area (Å²) in [4.78, 5) is 24.1. The highest BCUT2D eigenvalue weighted by Crippen LogP contribution is 2.37. The minimum atomic E-state index is -0.408. The maximum absolute atomic E-state index is 12.4. The van der Waals surface area contributed by atoms with Gasteiger partial charge >= 0.3 is 5.97 Å². The number of aryl methyl sites for hydroxylation is 1. The second-order valence-corrected chi connectivity index (χ2v) is 8.31. The largest absolute Gasteiger partial charge is 0.465 e. The van der Waals surface area contributed by atoms with Crippen LogP contribution in [0, 0.1) is 18.3 Å². The van der Waals surface area contributed by atoms with Crippen molar-refractivity contribution in [2.75, 3.05) is 19.0 Å². The fourth-order valence-electron chi connectivity index (χ4n) is 3.83. The van der Waals surface area contributed by atoms with Crippen molar-refractivity contribution < 1.29 is 14.3 Å². The van der Waals surface area contributed by atoms with E-state index in [1.165, 1.54) is 26.4 Å². The third kappa shape index (κ3) is 5.31. The molecule has 1 saturated carbocycles. The highest BCUT2D eigenvalue weighted by atomic mass is 16.5. The molecule has 1 fully saturated rings. The molecule has 2 N–H and O–H groups in total. The number of carbonyl (C=O) groups is 2. The van der Waals surface area contributed by atoms with Crippen LogP contribution < -0.4 is 10.6 Å². The number of carbonyl (C=O) groups excluding carboxylic acids is 2. The van der Waals surface area contributed by atoms with E-state index < -0.39 is 5.97 Å². The standard InChI is InChI=1S/C21H32N2O3/c1-14-10-11-15(20(25)26-5)12-18(14)23-19(24)13-22-17-9-7-6-8-16(17)21(2,3)4/h10-12,16-17,22H,6-9,13H2,1-5H3,(H,23,24). The van der Waals surface area contributed by atoms with E-state index >= 15 is 0 Å². The van der Waals surface area contributed by atoms with Crippen LogP contribution in [0.15, 0.2) is 18.2 Å². The molecule has 0 heterocycles. The van der Waals surface area contributed by atoms with Crippen LogP contribution in [0.2, 0.25) is 0 Å². The molecule has 1 aliphatic rings. The zero-order chi connectivity index (χ0) is 19.3. The van der Waals surface area contributed by atoms with Gasteiger partial charge in [0, 0.05) is 11.7 Å². The van der Waals surface area contributed by atoms with Crippen molar-refractivity contribution >= 4 is 17.6 Å². The lowest BCUT2D eigenvalue weighted by molar-refractivity contribution is -0.115. The van der Waals surface area contributed by atoms with Gasteiger partial charge < -0.3 is 15.4 Å². The first-order valence-electron chi connectivity index (χ1n) is 9.44. The summed E-state index contributed by atoms with van der Waals surface area (Å²) in [5.74, 6) is 0.0793. The summed E-state index contributed by atoms with van der Waals surface area (Å²) in [6.45, 7) is 9.01. The topological polar surface area (TPSA) is 67.4 Å². The smallest absolute Gasteiger partial charge is 0.337 e. The van der Waals surface area contributed by atoms with E-state index in [2.05, 4.69) is 31.4 Å². The first-order chi connectivity index (χ1) is 12.2. The summed E-state index contributed by atoms with van der Waals surface area (Å²) in [6, 6.07) is 5.55. The van der Waals surface area contributed by atoms with Gasteiger partial charge in [-0.15, -0.1) is 0 Å². The molecule has 1 aromatic rings. The van der Waals surface area contributed by atoms with E-state index in [9.17, 15) is 9.59 Å². The Morgan fingerprint density at radius 2 is 1.88 bits per heavy atom. The van der Waals surface area contributed by atoms with Gasteiger partial charge in [0.05, 0.1) is 19.2 Å². The van der Waals surface area contributed by atoms with Crippen molar-refractivity contribution in [1.82, 2.24) is 5.32 Å². The van der Waals surface area contributed by atoms with Crippen molar-refractivity contribution in [3.05, 3.63) is 29.3 Å². The average Bonchev–Trinajstić information content (AvgIpc) is 2.60. The number of nitrogens with one attached hydrogen (secondary N) is 2. The number of hydrogen-bond acceptors (Lipinski definition) is 4. The van der Waals surface area contributed by atoms with Gasteiger partial charge in [-0.3, -0.25) is 4.79 Å². The summed E-state index contributed by atoms with van der Waals surface area (Å²) in [6.07, 6.45) is 4.81. The quantitative estimate of drug-likeness (QED) is 0.781. The molecule has 2 unspecified atom stereocenters. The van der Waals surface area contributed by atoms with Gasteiger partial charge in [0.25, 0.3) is 0 Å². The fourth-order valence-corrected chi connectivity index (χ4v) is 3.83. The predicted molar refractivity (Wildman–Crippen MR) is 104 cm³/mol. The van der Waals surface area contributed by atoms with E-state index in [1.54, 1.807) is 12.1 Å². The predicted octanol–water partition coefficient (Wildman–Crippen LogP) is 3.91. The molecule has 0 bridgehead atoms. The summed E-state index contributed by atoms with van der Waals surface area (Å²) >= 11 is 0. The number of amides is 1. The third-order valence-corrected chi connectivity index (χ3v) is 5.34. The first kappa shape index (κ1) is 20.4. The maximum Gasteiger partial charge on any atom is 0.337 e. The van der Waals surface area contributed by atoms with E-state index in [0.29, 0.717) is 23.2 Å². The fraction of sp³-hybridized carbons (Fsp3) is 0.619. The van der Waals surface area contributed by atoms with Crippen molar-refractivity contribution in [1.29, 1.82) is 0 Å². The SMILES string of the molecule is COC(=O)c1ccc(C)c(NC(=O)CNC2CCCCC2C(C)(C)C)c1. The normalized spacial score (nSPS) is 20.5. The summed E-state index contributed by atoms with van der Waals surface area (Å²) in [5, 5.41) is 6.38. The van der Waals surface area contributed by atoms with Crippen LogP contribution in [0.3, 0.4) is 0 Å². The van der Waals surface area contributed by atoms with Crippen LogP contribution in [-0.4, -0.2) is 31.6 Å². The van der Waals surface area contributed by atoms with Crippen LogP contribution in [0.4, 0.5) is 5.69 Å². The molecule has 0 aliphatic heterocycles. The monoisotopic (exact) mass is 360 g/mol. The number of ether oxygens (including phenoxy) is 1. The van der Waals surface area contributed by atoms with Crippen LogP contribution in [0.1, 0.15) is 62.4 Å². The highest BCUT2D eigenvalue weighted by molar-refractivity contribution is 5.96. The van der Waals surface area contributed by atoms with Crippen LogP contribution in [0.5, 0.6) is 0 Å². The Labute approximate surface area is 156 Å². The highest BCUT2D eigenvalue weighted by Gasteiger charge is 2.33. The van der Waals surface area contributed by atoms with Crippen LogP contribution >= 0.6 is 0 Å². The molecule has 0 spiro atoms. The van der Waals surface area contributed by atoms with E-state index in [4.69, 9.17) is 4.74 Å². The molecule has 2 rings (SSSR count). The first-order valence-corrected chi connectivity index (χ1v) is 9.44. The molecule has 5 heteroatoms. The molecule has 0 radical (unpaired) electrons. The minimum Gasteiger partial charge on any atom is -0.465 e. The number of hydrogen-bond donors (Lipinski definition) is 2. The Balaban J connectivity index is 1.97. The molecule has 1 aromatic carbocycles.